The second-order valence-corrected chi connectivity index (χ2v) is 5.98. The Morgan fingerprint density at radius 3 is 2.65 bits per heavy atom. The van der Waals surface area contributed by atoms with Crippen molar-refractivity contribution >= 4 is 23.2 Å². The van der Waals surface area contributed by atoms with Crippen molar-refractivity contribution in [3.05, 3.63) is 47.4 Å². The van der Waals surface area contributed by atoms with Crippen molar-refractivity contribution in [1.82, 2.24) is 19.6 Å². The van der Waals surface area contributed by atoms with E-state index in [4.69, 9.17) is 16.3 Å². The molecule has 2 aromatic heterocycles. The smallest absolute Gasteiger partial charge is 0.433 e. The summed E-state index contributed by atoms with van der Waals surface area (Å²) in [5.41, 5.74) is -1.00. The lowest BCUT2D eigenvalue weighted by atomic mass is 10.3. The summed E-state index contributed by atoms with van der Waals surface area (Å²) >= 11 is 5.80. The molecule has 0 fully saturated rings. The van der Waals surface area contributed by atoms with Crippen molar-refractivity contribution in [2.24, 2.45) is 0 Å². The van der Waals surface area contributed by atoms with Crippen molar-refractivity contribution in [3.8, 4) is 5.75 Å². The zero-order chi connectivity index (χ0) is 18.7. The number of nitrogens with zero attached hydrogens (tertiary/aromatic N) is 5. The number of aromatic nitrogens is 4. The molecule has 3 rings (SSSR count). The monoisotopic (exact) mass is 385 g/mol. The van der Waals surface area contributed by atoms with E-state index in [9.17, 15) is 13.2 Å². The minimum absolute atomic E-state index is 0.0981. The maximum atomic E-state index is 13.0. The Morgan fingerprint density at radius 1 is 1.23 bits per heavy atom. The number of alkyl halides is 3. The normalized spacial score (nSPS) is 11.7. The standard InChI is InChI=1S/C16H15ClF3N5O/c1-24(7-2-8-26-12-5-3-11(17)4-6-12)14-9-13(16(18,19)20)23-15-21-10-22-25(14)15/h3-6,9-10H,2,7-8H2,1H3. The molecule has 0 aliphatic carbocycles. The molecule has 0 bridgehead atoms. The van der Waals surface area contributed by atoms with Crippen molar-refractivity contribution in [1.29, 1.82) is 0 Å². The summed E-state index contributed by atoms with van der Waals surface area (Å²) < 4.78 is 45.9. The van der Waals surface area contributed by atoms with E-state index in [-0.39, 0.29) is 11.6 Å². The fourth-order valence-corrected chi connectivity index (χ4v) is 2.48. The maximum absolute atomic E-state index is 13.0. The van der Waals surface area contributed by atoms with Gasteiger partial charge in [0.2, 0.25) is 0 Å². The number of rotatable bonds is 6. The van der Waals surface area contributed by atoms with E-state index in [1.54, 1.807) is 36.2 Å². The van der Waals surface area contributed by atoms with Crippen LogP contribution in [0.15, 0.2) is 36.7 Å². The lowest BCUT2D eigenvalue weighted by molar-refractivity contribution is -0.141. The molecular formula is C16H15ClF3N5O. The first kappa shape index (κ1) is 18.2. The molecule has 10 heteroatoms. The van der Waals surface area contributed by atoms with Gasteiger partial charge in [-0.05, 0) is 30.7 Å². The van der Waals surface area contributed by atoms with E-state index in [1.165, 1.54) is 10.8 Å². The van der Waals surface area contributed by atoms with Gasteiger partial charge in [-0.15, -0.1) is 0 Å². The Morgan fingerprint density at radius 2 is 1.96 bits per heavy atom. The third-order valence-corrected chi connectivity index (χ3v) is 3.89. The number of fused-ring (bicyclic) bond motifs is 1. The van der Waals surface area contributed by atoms with Gasteiger partial charge in [-0.25, -0.2) is 4.98 Å². The number of halogens is 4. The van der Waals surface area contributed by atoms with Gasteiger partial charge in [0.1, 0.15) is 17.9 Å². The number of hydrogen-bond acceptors (Lipinski definition) is 5. The van der Waals surface area contributed by atoms with Crippen LogP contribution in [0.25, 0.3) is 5.78 Å². The van der Waals surface area contributed by atoms with Crippen LogP contribution in [0.4, 0.5) is 19.0 Å². The van der Waals surface area contributed by atoms with Crippen LogP contribution in [0.5, 0.6) is 5.75 Å². The molecule has 1 aromatic carbocycles. The number of anilines is 1. The van der Waals surface area contributed by atoms with E-state index in [0.717, 1.165) is 6.07 Å². The summed E-state index contributed by atoms with van der Waals surface area (Å²) in [6.07, 6.45) is -2.79. The minimum Gasteiger partial charge on any atom is -0.494 e. The molecule has 3 aromatic rings. The highest BCUT2D eigenvalue weighted by Crippen LogP contribution is 2.30. The molecule has 0 spiro atoms. The zero-order valence-electron chi connectivity index (χ0n) is 13.7. The molecule has 0 aliphatic heterocycles. The number of ether oxygens (including phenoxy) is 1. The molecule has 0 saturated carbocycles. The van der Waals surface area contributed by atoms with Crippen LogP contribution < -0.4 is 9.64 Å². The molecule has 0 radical (unpaired) electrons. The van der Waals surface area contributed by atoms with Crippen LogP contribution in [0.1, 0.15) is 12.1 Å². The van der Waals surface area contributed by atoms with Crippen molar-refractivity contribution < 1.29 is 17.9 Å². The molecule has 0 saturated heterocycles. The predicted molar refractivity (Wildman–Crippen MR) is 90.6 cm³/mol. The van der Waals surface area contributed by atoms with Crippen molar-refractivity contribution in [2.45, 2.75) is 12.6 Å². The molecular weight excluding hydrogens is 371 g/mol. The minimum atomic E-state index is -4.55. The quantitative estimate of drug-likeness (QED) is 0.605. The van der Waals surface area contributed by atoms with E-state index < -0.39 is 11.9 Å². The lowest BCUT2D eigenvalue weighted by Crippen LogP contribution is -2.24. The summed E-state index contributed by atoms with van der Waals surface area (Å²) in [6.45, 7) is 0.869. The fraction of sp³-hybridized carbons (Fsp3) is 0.312. The number of benzene rings is 1. The molecule has 0 amide bonds. The third-order valence-electron chi connectivity index (χ3n) is 3.63. The Hall–Kier alpha value is -2.55. The Bertz CT molecular complexity index is 882. The van der Waals surface area contributed by atoms with Crippen molar-refractivity contribution in [3.63, 3.8) is 0 Å². The second-order valence-electron chi connectivity index (χ2n) is 5.55. The van der Waals surface area contributed by atoms with Gasteiger partial charge in [0.15, 0.2) is 5.69 Å². The van der Waals surface area contributed by atoms with Gasteiger partial charge < -0.3 is 9.64 Å². The summed E-state index contributed by atoms with van der Waals surface area (Å²) in [6, 6.07) is 7.91. The highest BCUT2D eigenvalue weighted by Gasteiger charge is 2.34. The van der Waals surface area contributed by atoms with E-state index in [2.05, 4.69) is 15.1 Å². The van der Waals surface area contributed by atoms with Crippen LogP contribution in [-0.2, 0) is 6.18 Å². The number of hydrogen-bond donors (Lipinski definition) is 0. The SMILES string of the molecule is CN(CCCOc1ccc(Cl)cc1)c1cc(C(F)(F)F)nc2ncnn12. The maximum Gasteiger partial charge on any atom is 0.433 e. The second kappa shape index (κ2) is 7.36. The van der Waals surface area contributed by atoms with Crippen LogP contribution in [0, 0.1) is 0 Å². The Labute approximate surface area is 152 Å². The van der Waals surface area contributed by atoms with Crippen molar-refractivity contribution in [2.75, 3.05) is 25.1 Å². The average Bonchev–Trinajstić information content (AvgIpc) is 3.07. The largest absolute Gasteiger partial charge is 0.494 e. The predicted octanol–water partition coefficient (Wildman–Crippen LogP) is 3.70. The van der Waals surface area contributed by atoms with E-state index in [1.807, 2.05) is 0 Å². The zero-order valence-corrected chi connectivity index (χ0v) is 14.5. The average molecular weight is 386 g/mol. The van der Waals surface area contributed by atoms with Gasteiger partial charge in [0, 0.05) is 24.7 Å². The molecule has 2 heterocycles. The van der Waals surface area contributed by atoms with Crippen LogP contribution in [0.3, 0.4) is 0 Å². The van der Waals surface area contributed by atoms with E-state index in [0.29, 0.717) is 30.3 Å². The molecule has 0 aliphatic rings. The molecule has 0 atom stereocenters. The lowest BCUT2D eigenvalue weighted by Gasteiger charge is -2.20. The fourth-order valence-electron chi connectivity index (χ4n) is 2.35. The van der Waals surface area contributed by atoms with Gasteiger partial charge in [0.25, 0.3) is 5.78 Å². The van der Waals surface area contributed by atoms with Gasteiger partial charge >= 0.3 is 6.18 Å². The highest BCUT2D eigenvalue weighted by molar-refractivity contribution is 6.30. The van der Waals surface area contributed by atoms with Crippen LogP contribution >= 0.6 is 11.6 Å². The highest BCUT2D eigenvalue weighted by atomic mass is 35.5. The van der Waals surface area contributed by atoms with E-state index >= 15 is 0 Å². The van der Waals surface area contributed by atoms with Gasteiger partial charge in [-0.3, -0.25) is 0 Å². The van der Waals surface area contributed by atoms with Gasteiger partial charge in [-0.2, -0.15) is 27.8 Å². The summed E-state index contributed by atoms with van der Waals surface area (Å²) in [5, 5.41) is 4.55. The summed E-state index contributed by atoms with van der Waals surface area (Å²) in [4.78, 5) is 8.91. The molecule has 138 valence electrons. The Kier molecular flexibility index (Phi) is 5.17. The van der Waals surface area contributed by atoms with Gasteiger partial charge in [-0.1, -0.05) is 11.6 Å². The topological polar surface area (TPSA) is 55.5 Å². The molecule has 26 heavy (non-hydrogen) atoms. The Balaban J connectivity index is 1.66. The third kappa shape index (κ3) is 4.16. The first-order valence-corrected chi connectivity index (χ1v) is 8.10. The summed E-state index contributed by atoms with van der Waals surface area (Å²) in [7, 11) is 1.68. The summed E-state index contributed by atoms with van der Waals surface area (Å²) in [5.74, 6) is 0.837. The van der Waals surface area contributed by atoms with Crippen LogP contribution in [0.2, 0.25) is 5.02 Å². The first-order valence-electron chi connectivity index (χ1n) is 7.72. The first-order chi connectivity index (χ1) is 12.3. The molecule has 6 nitrogen and oxygen atoms in total. The van der Waals surface area contributed by atoms with Gasteiger partial charge in [0.05, 0.1) is 6.61 Å². The molecule has 0 N–H and O–H groups in total. The van der Waals surface area contributed by atoms with Crippen LogP contribution in [-0.4, -0.2) is 39.8 Å². The molecule has 0 unspecified atom stereocenters.